The number of piperazine rings is 1. The first kappa shape index (κ1) is 33.0. The zero-order valence-electron chi connectivity index (χ0n) is 26.2. The normalized spacial score (nSPS) is 31.0. The Balaban J connectivity index is 1.56. The molecule has 0 bridgehead atoms. The zero-order valence-corrected chi connectivity index (χ0v) is 26.2. The lowest BCUT2D eigenvalue weighted by molar-refractivity contribution is -0.151. The molecule has 3 aliphatic heterocycles. The molecule has 1 aromatic rings. The van der Waals surface area contributed by atoms with Crippen LogP contribution in [0.2, 0.25) is 0 Å². The van der Waals surface area contributed by atoms with Gasteiger partial charge in [0.2, 0.25) is 0 Å². The summed E-state index contributed by atoms with van der Waals surface area (Å²) in [5, 5.41) is 10.6. The zero-order chi connectivity index (χ0) is 31.1. The van der Waals surface area contributed by atoms with Gasteiger partial charge in [0.05, 0.1) is 25.7 Å². The van der Waals surface area contributed by atoms with Gasteiger partial charge in [-0.3, -0.25) is 4.79 Å². The van der Waals surface area contributed by atoms with Gasteiger partial charge in [0.1, 0.15) is 18.0 Å². The number of anilines is 1. The Labute approximate surface area is 255 Å². The number of aliphatic hydroxyl groups excluding tert-OH is 1. The molecule has 6 atom stereocenters. The van der Waals surface area contributed by atoms with E-state index >= 15 is 0 Å². The van der Waals surface area contributed by atoms with Crippen LogP contribution in [-0.2, 0) is 19.0 Å². The van der Waals surface area contributed by atoms with Crippen molar-refractivity contribution in [2.45, 2.75) is 71.3 Å². The number of hydrogen-bond acceptors (Lipinski definition) is 8. The summed E-state index contributed by atoms with van der Waals surface area (Å²) in [5.74, 6) is -1.17. The third kappa shape index (κ3) is 9.27. The van der Waals surface area contributed by atoms with Crippen LogP contribution in [0.3, 0.4) is 0 Å². The number of carbonyl (C=O) groups excluding carboxylic acids is 2. The number of nitrogens with zero attached hydrogens (tertiary/aromatic N) is 3. The molecule has 3 aliphatic rings. The molecule has 0 radical (unpaired) electrons. The number of rotatable bonds is 4. The summed E-state index contributed by atoms with van der Waals surface area (Å²) < 4.78 is 32.0. The molecule has 1 amide bonds. The van der Waals surface area contributed by atoms with Gasteiger partial charge in [-0.15, -0.1) is 0 Å². The van der Waals surface area contributed by atoms with Crippen molar-refractivity contribution in [2.75, 3.05) is 57.9 Å². The van der Waals surface area contributed by atoms with Crippen LogP contribution in [0.5, 0.6) is 0 Å². The standard InChI is InChI=1S/C33H48FN3O6/c1-22-6-8-29(38)20-31(39)43-32(23(2)7-9-30(22)42-33(40)37-11-10-35(5)25(4)21-37)24(3)16-26-17-27(34)19-28(18-26)36-12-14-41-15-13-36/h7,9,16-19,22-23,25,29-30,32,38H,6,8,10-15,20-21H2,1-5H3/b9-7-,24-16+/t22-,23-,25+,29+,30-,32-/m0/s1. The Morgan fingerprint density at radius 3 is 2.53 bits per heavy atom. The van der Waals surface area contributed by atoms with Gasteiger partial charge in [0.15, 0.2) is 0 Å². The number of carbonyl (C=O) groups is 2. The minimum atomic E-state index is -0.868. The molecule has 0 saturated carbocycles. The molecular formula is C33H48FN3O6. The summed E-state index contributed by atoms with van der Waals surface area (Å²) in [6.07, 6.45) is 4.11. The lowest BCUT2D eigenvalue weighted by Gasteiger charge is -2.38. The number of cyclic esters (lactones) is 1. The van der Waals surface area contributed by atoms with Gasteiger partial charge in [-0.2, -0.15) is 0 Å². The van der Waals surface area contributed by atoms with Crippen LogP contribution >= 0.6 is 0 Å². The van der Waals surface area contributed by atoms with Crippen LogP contribution in [0.25, 0.3) is 6.08 Å². The molecule has 0 unspecified atom stereocenters. The Morgan fingerprint density at radius 1 is 1.07 bits per heavy atom. The third-order valence-electron chi connectivity index (χ3n) is 8.84. The number of benzene rings is 1. The quantitative estimate of drug-likeness (QED) is 0.399. The highest BCUT2D eigenvalue weighted by Gasteiger charge is 2.30. The van der Waals surface area contributed by atoms with E-state index in [-0.39, 0.29) is 36.2 Å². The van der Waals surface area contributed by atoms with E-state index in [9.17, 15) is 19.1 Å². The SMILES string of the molecule is C/C(=C\c1cc(F)cc(N2CCOCC2)c1)[C@H]1OC(=O)C[C@H](O)CC[C@H](C)[C@@H](OC(=O)N2CCN(C)[C@H](C)C2)/C=C\[C@@H]1C. The maximum absolute atomic E-state index is 14.7. The van der Waals surface area contributed by atoms with Gasteiger partial charge in [-0.05, 0) is 75.1 Å². The van der Waals surface area contributed by atoms with Crippen molar-refractivity contribution < 1.29 is 33.3 Å². The van der Waals surface area contributed by atoms with E-state index in [2.05, 4.69) is 23.8 Å². The summed E-state index contributed by atoms with van der Waals surface area (Å²) in [4.78, 5) is 32.1. The molecule has 2 fully saturated rings. The van der Waals surface area contributed by atoms with Gasteiger partial charge >= 0.3 is 12.1 Å². The fraction of sp³-hybridized carbons (Fsp3) is 0.636. The first-order chi connectivity index (χ1) is 20.5. The summed E-state index contributed by atoms with van der Waals surface area (Å²) in [7, 11) is 2.05. The molecule has 4 rings (SSSR count). The lowest BCUT2D eigenvalue weighted by Crippen LogP contribution is -2.52. The Bertz CT molecular complexity index is 1170. The second kappa shape index (κ2) is 15.2. The smallest absolute Gasteiger partial charge is 0.410 e. The second-order valence-corrected chi connectivity index (χ2v) is 12.4. The minimum absolute atomic E-state index is 0.0663. The topological polar surface area (TPSA) is 91.8 Å². The Hall–Kier alpha value is -2.95. The number of amides is 1. The molecule has 1 N–H and O–H groups in total. The molecule has 0 aliphatic carbocycles. The van der Waals surface area contributed by atoms with E-state index in [0.29, 0.717) is 57.8 Å². The number of ether oxygens (including phenoxy) is 3. The maximum atomic E-state index is 14.7. The molecule has 43 heavy (non-hydrogen) atoms. The number of morpholine rings is 1. The summed E-state index contributed by atoms with van der Waals surface area (Å²) in [6, 6.07) is 5.15. The lowest BCUT2D eigenvalue weighted by atomic mass is 9.91. The molecule has 0 aromatic heterocycles. The highest BCUT2D eigenvalue weighted by atomic mass is 19.1. The molecule has 0 spiro atoms. The van der Waals surface area contributed by atoms with E-state index in [1.807, 2.05) is 45.1 Å². The second-order valence-electron chi connectivity index (χ2n) is 12.4. The van der Waals surface area contributed by atoms with Crippen LogP contribution in [0, 0.1) is 17.7 Å². The van der Waals surface area contributed by atoms with Crippen molar-refractivity contribution in [2.24, 2.45) is 11.8 Å². The Morgan fingerprint density at radius 2 is 1.81 bits per heavy atom. The average Bonchev–Trinajstić information content (AvgIpc) is 2.97. The van der Waals surface area contributed by atoms with Gasteiger partial charge in [0.25, 0.3) is 0 Å². The molecule has 2 saturated heterocycles. The van der Waals surface area contributed by atoms with Crippen molar-refractivity contribution in [1.29, 1.82) is 0 Å². The number of halogens is 1. The highest BCUT2D eigenvalue weighted by molar-refractivity contribution is 5.71. The number of hydrogen-bond donors (Lipinski definition) is 1. The predicted molar refractivity (Wildman–Crippen MR) is 164 cm³/mol. The van der Waals surface area contributed by atoms with E-state index in [4.69, 9.17) is 14.2 Å². The van der Waals surface area contributed by atoms with Crippen LogP contribution in [0.15, 0.2) is 35.9 Å². The maximum Gasteiger partial charge on any atom is 0.410 e. The first-order valence-corrected chi connectivity index (χ1v) is 15.5. The average molecular weight is 602 g/mol. The van der Waals surface area contributed by atoms with Crippen molar-refractivity contribution >= 4 is 23.8 Å². The first-order valence-electron chi connectivity index (χ1n) is 15.5. The summed E-state index contributed by atoms with van der Waals surface area (Å²) in [6.45, 7) is 12.4. The van der Waals surface area contributed by atoms with Crippen LogP contribution in [0.4, 0.5) is 14.9 Å². The van der Waals surface area contributed by atoms with Crippen LogP contribution in [0.1, 0.15) is 52.5 Å². The molecule has 9 nitrogen and oxygen atoms in total. The van der Waals surface area contributed by atoms with E-state index in [0.717, 1.165) is 17.8 Å². The molecule has 1 aromatic carbocycles. The van der Waals surface area contributed by atoms with Crippen molar-refractivity contribution in [3.63, 3.8) is 0 Å². The predicted octanol–water partition coefficient (Wildman–Crippen LogP) is 4.49. The summed E-state index contributed by atoms with van der Waals surface area (Å²) >= 11 is 0. The highest BCUT2D eigenvalue weighted by Crippen LogP contribution is 2.27. The minimum Gasteiger partial charge on any atom is -0.457 e. The van der Waals surface area contributed by atoms with Crippen LogP contribution < -0.4 is 4.90 Å². The third-order valence-corrected chi connectivity index (χ3v) is 8.84. The van der Waals surface area contributed by atoms with Crippen molar-refractivity contribution in [1.82, 2.24) is 9.80 Å². The fourth-order valence-electron chi connectivity index (χ4n) is 5.88. The van der Waals surface area contributed by atoms with Gasteiger partial charge in [0, 0.05) is 50.4 Å². The number of esters is 1. The number of aliphatic hydroxyl groups is 1. The monoisotopic (exact) mass is 601 g/mol. The fourth-order valence-corrected chi connectivity index (χ4v) is 5.88. The largest absolute Gasteiger partial charge is 0.457 e. The van der Waals surface area contributed by atoms with Gasteiger partial charge in [-0.25, -0.2) is 9.18 Å². The Kier molecular flexibility index (Phi) is 11.6. The van der Waals surface area contributed by atoms with E-state index < -0.39 is 24.3 Å². The van der Waals surface area contributed by atoms with Gasteiger partial charge in [-0.1, -0.05) is 26.0 Å². The van der Waals surface area contributed by atoms with Crippen molar-refractivity contribution in [3.05, 3.63) is 47.3 Å². The summed E-state index contributed by atoms with van der Waals surface area (Å²) in [5.41, 5.74) is 2.19. The van der Waals surface area contributed by atoms with Crippen LogP contribution in [-0.4, -0.2) is 104 Å². The molecule has 10 heteroatoms. The van der Waals surface area contributed by atoms with Gasteiger partial charge < -0.3 is 34.0 Å². The molecule has 3 heterocycles. The van der Waals surface area contributed by atoms with E-state index in [1.54, 1.807) is 4.90 Å². The molecular weight excluding hydrogens is 553 g/mol. The van der Waals surface area contributed by atoms with E-state index in [1.165, 1.54) is 12.1 Å². The van der Waals surface area contributed by atoms with Crippen molar-refractivity contribution in [3.8, 4) is 0 Å². The molecule has 238 valence electrons. The number of likely N-dealkylation sites (N-methyl/N-ethyl adjacent to an activating group) is 1.